The predicted octanol–water partition coefficient (Wildman–Crippen LogP) is 0.219. The summed E-state index contributed by atoms with van der Waals surface area (Å²) in [5.41, 5.74) is 0. The van der Waals surface area contributed by atoms with Crippen molar-refractivity contribution in [2.75, 3.05) is 13.7 Å². The van der Waals surface area contributed by atoms with E-state index in [0.29, 0.717) is 0 Å². The van der Waals surface area contributed by atoms with E-state index < -0.39 is 5.97 Å². The van der Waals surface area contributed by atoms with Crippen LogP contribution in [0.1, 0.15) is 0 Å². The Morgan fingerprint density at radius 2 is 2.00 bits per heavy atom. The molecule has 0 radical (unpaired) electrons. The molecule has 1 rings (SSSR count). The maximum absolute atomic E-state index is 11.2. The fourth-order valence-electron chi connectivity index (χ4n) is 0.781. The first kappa shape index (κ1) is 9.31. The highest BCUT2D eigenvalue weighted by atomic mass is 16.5. The minimum atomic E-state index is -0.472. The molecule has 0 aliphatic heterocycles. The minimum Gasteiger partial charge on any atom is -0.468 e. The van der Waals surface area contributed by atoms with Gasteiger partial charge in [0.25, 0.3) is 0 Å². The zero-order valence-corrected chi connectivity index (χ0v) is 7.19. The first-order chi connectivity index (χ1) is 6.24. The Morgan fingerprint density at radius 1 is 1.38 bits per heavy atom. The Hall–Kier alpha value is -1.78. The molecule has 1 aromatic rings. The van der Waals surface area contributed by atoms with Crippen LogP contribution < -0.4 is 5.32 Å². The van der Waals surface area contributed by atoms with Gasteiger partial charge in [0.05, 0.1) is 7.11 Å². The summed E-state index contributed by atoms with van der Waals surface area (Å²) in [6.45, 7) is -0.118. The molecule has 0 saturated heterocycles. The van der Waals surface area contributed by atoms with Crippen LogP contribution >= 0.6 is 0 Å². The number of methoxy groups -OCH3 is 1. The van der Waals surface area contributed by atoms with Gasteiger partial charge in [-0.15, -0.1) is 0 Å². The van der Waals surface area contributed by atoms with Crippen LogP contribution in [0.15, 0.2) is 24.5 Å². The summed E-state index contributed by atoms with van der Waals surface area (Å²) in [6.07, 6.45) is 3.18. The smallest absolute Gasteiger partial charge is 0.326 e. The molecule has 5 nitrogen and oxygen atoms in total. The fraction of sp³-hybridized carbons (Fsp3) is 0.250. The first-order valence-electron chi connectivity index (χ1n) is 3.72. The molecule has 0 saturated carbocycles. The average molecular weight is 182 g/mol. The summed E-state index contributed by atoms with van der Waals surface area (Å²) < 4.78 is 5.69. The van der Waals surface area contributed by atoms with Crippen molar-refractivity contribution in [3.05, 3.63) is 24.5 Å². The van der Waals surface area contributed by atoms with Crippen molar-refractivity contribution < 1.29 is 14.3 Å². The van der Waals surface area contributed by atoms with Crippen LogP contribution in [0.2, 0.25) is 0 Å². The van der Waals surface area contributed by atoms with Crippen molar-refractivity contribution in [3.63, 3.8) is 0 Å². The molecule has 0 aliphatic rings. The highest BCUT2D eigenvalue weighted by Gasteiger charge is 2.04. The summed E-state index contributed by atoms with van der Waals surface area (Å²) >= 11 is 0. The Kier molecular flexibility index (Phi) is 3.08. The maximum atomic E-state index is 11.2. The van der Waals surface area contributed by atoms with E-state index in [1.165, 1.54) is 11.7 Å². The second-order valence-electron chi connectivity index (χ2n) is 2.33. The van der Waals surface area contributed by atoms with Crippen LogP contribution in [0.5, 0.6) is 0 Å². The normalized spacial score (nSPS) is 9.31. The summed E-state index contributed by atoms with van der Waals surface area (Å²) in [5, 5.41) is 2.39. The van der Waals surface area contributed by atoms with Crippen LogP contribution in [0, 0.1) is 0 Å². The van der Waals surface area contributed by atoms with Crippen LogP contribution in [-0.2, 0) is 9.53 Å². The SMILES string of the molecule is COC(=O)CNC(=O)n1cccc1. The number of aromatic nitrogens is 1. The van der Waals surface area contributed by atoms with Gasteiger partial charge in [0, 0.05) is 12.4 Å². The fourth-order valence-corrected chi connectivity index (χ4v) is 0.781. The Bertz CT molecular complexity index is 292. The molecule has 0 fully saturated rings. The van der Waals surface area contributed by atoms with Crippen molar-refractivity contribution in [1.82, 2.24) is 9.88 Å². The lowest BCUT2D eigenvalue weighted by Gasteiger charge is -2.03. The van der Waals surface area contributed by atoms with Crippen molar-refractivity contribution in [1.29, 1.82) is 0 Å². The second-order valence-corrected chi connectivity index (χ2v) is 2.33. The zero-order valence-electron chi connectivity index (χ0n) is 7.19. The topological polar surface area (TPSA) is 60.3 Å². The maximum Gasteiger partial charge on any atom is 0.326 e. The predicted molar refractivity (Wildman–Crippen MR) is 45.2 cm³/mol. The summed E-state index contributed by atoms with van der Waals surface area (Å²) in [4.78, 5) is 21.8. The molecule has 70 valence electrons. The molecule has 1 heterocycles. The number of esters is 1. The van der Waals surface area contributed by atoms with Crippen LogP contribution in [0.3, 0.4) is 0 Å². The monoisotopic (exact) mass is 182 g/mol. The average Bonchev–Trinajstić information content (AvgIpc) is 2.66. The van der Waals surface area contributed by atoms with E-state index in [-0.39, 0.29) is 12.6 Å². The number of nitrogens with zero attached hydrogens (tertiary/aromatic N) is 1. The molecule has 0 aliphatic carbocycles. The van der Waals surface area contributed by atoms with E-state index in [4.69, 9.17) is 0 Å². The molecular formula is C8H10N2O3. The van der Waals surface area contributed by atoms with Crippen molar-refractivity contribution in [3.8, 4) is 0 Å². The van der Waals surface area contributed by atoms with Crippen LogP contribution in [0.4, 0.5) is 4.79 Å². The van der Waals surface area contributed by atoms with Gasteiger partial charge in [0.15, 0.2) is 0 Å². The number of hydrogen-bond donors (Lipinski definition) is 1. The number of hydrogen-bond acceptors (Lipinski definition) is 3. The molecule has 5 heteroatoms. The van der Waals surface area contributed by atoms with E-state index in [1.54, 1.807) is 24.5 Å². The number of nitrogens with one attached hydrogen (secondary N) is 1. The molecule has 0 spiro atoms. The van der Waals surface area contributed by atoms with Gasteiger partial charge in [0.1, 0.15) is 6.54 Å². The van der Waals surface area contributed by atoms with Gasteiger partial charge >= 0.3 is 12.0 Å². The molecule has 1 aromatic heterocycles. The first-order valence-corrected chi connectivity index (χ1v) is 3.72. The second kappa shape index (κ2) is 4.30. The van der Waals surface area contributed by atoms with Crippen molar-refractivity contribution in [2.45, 2.75) is 0 Å². The largest absolute Gasteiger partial charge is 0.468 e. The third kappa shape index (κ3) is 2.62. The lowest BCUT2D eigenvalue weighted by molar-refractivity contribution is -0.139. The lowest BCUT2D eigenvalue weighted by Crippen LogP contribution is -2.32. The Labute approximate surface area is 75.3 Å². The minimum absolute atomic E-state index is 0.118. The van der Waals surface area contributed by atoms with Gasteiger partial charge in [-0.05, 0) is 12.1 Å². The number of ether oxygens (including phenoxy) is 1. The van der Waals surface area contributed by atoms with E-state index in [1.807, 2.05) is 0 Å². The summed E-state index contributed by atoms with van der Waals surface area (Å²) in [7, 11) is 1.27. The van der Waals surface area contributed by atoms with E-state index in [9.17, 15) is 9.59 Å². The molecule has 1 N–H and O–H groups in total. The molecule has 0 aromatic carbocycles. The van der Waals surface area contributed by atoms with Gasteiger partial charge in [-0.25, -0.2) is 4.79 Å². The summed E-state index contributed by atoms with van der Waals surface area (Å²) in [5.74, 6) is -0.472. The van der Waals surface area contributed by atoms with Gasteiger partial charge in [-0.1, -0.05) is 0 Å². The van der Waals surface area contributed by atoms with Crippen molar-refractivity contribution >= 4 is 12.0 Å². The number of amides is 1. The van der Waals surface area contributed by atoms with Gasteiger partial charge in [0.2, 0.25) is 0 Å². The summed E-state index contributed by atoms with van der Waals surface area (Å²) in [6, 6.07) is 3.09. The molecule has 13 heavy (non-hydrogen) atoms. The van der Waals surface area contributed by atoms with Gasteiger partial charge < -0.3 is 10.1 Å². The lowest BCUT2D eigenvalue weighted by atomic mass is 10.6. The molecule has 0 atom stereocenters. The van der Waals surface area contributed by atoms with Gasteiger partial charge in [-0.3, -0.25) is 9.36 Å². The molecule has 0 bridgehead atoms. The highest BCUT2D eigenvalue weighted by Crippen LogP contribution is 1.88. The Balaban J connectivity index is 2.39. The number of carbonyl (C=O) groups excluding carboxylic acids is 2. The van der Waals surface area contributed by atoms with Crippen LogP contribution in [0.25, 0.3) is 0 Å². The number of carbonyl (C=O) groups is 2. The number of rotatable bonds is 2. The Morgan fingerprint density at radius 3 is 2.54 bits per heavy atom. The van der Waals surface area contributed by atoms with E-state index in [2.05, 4.69) is 10.1 Å². The van der Waals surface area contributed by atoms with Gasteiger partial charge in [-0.2, -0.15) is 0 Å². The van der Waals surface area contributed by atoms with E-state index in [0.717, 1.165) is 0 Å². The molecular weight excluding hydrogens is 172 g/mol. The van der Waals surface area contributed by atoms with Crippen molar-refractivity contribution in [2.24, 2.45) is 0 Å². The third-order valence-corrected chi connectivity index (χ3v) is 1.45. The zero-order chi connectivity index (χ0) is 9.68. The van der Waals surface area contributed by atoms with E-state index >= 15 is 0 Å². The van der Waals surface area contributed by atoms with Crippen LogP contribution in [-0.4, -0.2) is 30.2 Å². The highest BCUT2D eigenvalue weighted by molar-refractivity contribution is 5.82. The quantitative estimate of drug-likeness (QED) is 0.665. The molecule has 0 unspecified atom stereocenters. The third-order valence-electron chi connectivity index (χ3n) is 1.45. The standard InChI is InChI=1S/C8H10N2O3/c1-13-7(11)6-9-8(12)10-4-2-3-5-10/h2-5H,6H2,1H3,(H,9,12). The molecule has 1 amide bonds.